The Labute approximate surface area is 135 Å². The van der Waals surface area contributed by atoms with Crippen LogP contribution in [0.2, 0.25) is 0 Å². The zero-order valence-electron chi connectivity index (χ0n) is 13.7. The van der Waals surface area contributed by atoms with Crippen molar-refractivity contribution >= 4 is 12.4 Å². The van der Waals surface area contributed by atoms with Gasteiger partial charge in [-0.1, -0.05) is 11.8 Å². The van der Waals surface area contributed by atoms with Gasteiger partial charge in [-0.3, -0.25) is 4.79 Å². The van der Waals surface area contributed by atoms with E-state index in [-0.39, 0.29) is 17.1 Å². The third-order valence-corrected chi connectivity index (χ3v) is 2.60. The molecule has 6 heteroatoms. The number of carbonyl (C=O) groups is 2. The molecule has 1 aromatic carbocycles. The lowest BCUT2D eigenvalue weighted by Crippen LogP contribution is -2.32. The van der Waals surface area contributed by atoms with E-state index < -0.39 is 11.7 Å². The SMILES string of the molecule is COc1cc(C#CCCNC(=O)OC(C)(C)C)cc(C=O)c1O. The number of aldehydes is 1. The Morgan fingerprint density at radius 1 is 1.39 bits per heavy atom. The van der Waals surface area contributed by atoms with Gasteiger partial charge in [0.1, 0.15) is 5.60 Å². The molecule has 124 valence electrons. The number of aromatic hydroxyl groups is 1. The predicted octanol–water partition coefficient (Wildman–Crippen LogP) is 2.48. The smallest absolute Gasteiger partial charge is 0.407 e. The highest BCUT2D eigenvalue weighted by Gasteiger charge is 2.15. The number of methoxy groups -OCH3 is 1. The van der Waals surface area contributed by atoms with Crippen LogP contribution in [0.3, 0.4) is 0 Å². The molecule has 0 bridgehead atoms. The molecule has 0 radical (unpaired) electrons. The highest BCUT2D eigenvalue weighted by Crippen LogP contribution is 2.30. The molecule has 1 aromatic rings. The zero-order chi connectivity index (χ0) is 17.5. The molecule has 0 heterocycles. The minimum atomic E-state index is -0.538. The number of nitrogens with one attached hydrogen (secondary N) is 1. The number of rotatable bonds is 4. The summed E-state index contributed by atoms with van der Waals surface area (Å²) < 4.78 is 10.1. The van der Waals surface area contributed by atoms with E-state index >= 15 is 0 Å². The second kappa shape index (κ2) is 8.08. The van der Waals surface area contributed by atoms with Gasteiger partial charge in [-0.15, -0.1) is 0 Å². The van der Waals surface area contributed by atoms with Gasteiger partial charge < -0.3 is 19.9 Å². The molecule has 0 aromatic heterocycles. The summed E-state index contributed by atoms with van der Waals surface area (Å²) in [4.78, 5) is 22.3. The molecule has 0 spiro atoms. The fourth-order valence-corrected chi connectivity index (χ4v) is 1.65. The molecule has 0 aliphatic rings. The van der Waals surface area contributed by atoms with E-state index in [1.807, 2.05) is 0 Å². The molecule has 0 saturated heterocycles. The highest BCUT2D eigenvalue weighted by molar-refractivity contribution is 5.82. The predicted molar refractivity (Wildman–Crippen MR) is 85.8 cm³/mol. The van der Waals surface area contributed by atoms with Gasteiger partial charge in [0.15, 0.2) is 17.8 Å². The van der Waals surface area contributed by atoms with Crippen molar-refractivity contribution in [1.82, 2.24) is 5.32 Å². The summed E-state index contributed by atoms with van der Waals surface area (Å²) in [6, 6.07) is 3.01. The van der Waals surface area contributed by atoms with Crippen LogP contribution in [-0.2, 0) is 4.74 Å². The first-order valence-electron chi connectivity index (χ1n) is 7.08. The summed E-state index contributed by atoms with van der Waals surface area (Å²) in [5, 5.41) is 12.3. The van der Waals surface area contributed by atoms with Crippen LogP contribution in [0.25, 0.3) is 0 Å². The first-order chi connectivity index (χ1) is 10.8. The number of amides is 1. The number of hydrogen-bond donors (Lipinski definition) is 2. The normalized spacial score (nSPS) is 10.3. The van der Waals surface area contributed by atoms with Gasteiger partial charge in [0.05, 0.1) is 12.7 Å². The minimum absolute atomic E-state index is 0.112. The van der Waals surface area contributed by atoms with E-state index in [0.29, 0.717) is 24.8 Å². The average Bonchev–Trinajstić information content (AvgIpc) is 2.46. The maximum absolute atomic E-state index is 11.4. The Balaban J connectivity index is 2.60. The van der Waals surface area contributed by atoms with E-state index in [1.165, 1.54) is 19.2 Å². The largest absolute Gasteiger partial charge is 0.504 e. The fraction of sp³-hybridized carbons (Fsp3) is 0.412. The second-order valence-electron chi connectivity index (χ2n) is 5.71. The van der Waals surface area contributed by atoms with Crippen LogP contribution in [0.15, 0.2) is 12.1 Å². The topological polar surface area (TPSA) is 84.9 Å². The monoisotopic (exact) mass is 319 g/mol. The van der Waals surface area contributed by atoms with Crippen molar-refractivity contribution in [3.8, 4) is 23.3 Å². The zero-order valence-corrected chi connectivity index (χ0v) is 13.7. The van der Waals surface area contributed by atoms with Crippen molar-refractivity contribution in [3.05, 3.63) is 23.3 Å². The van der Waals surface area contributed by atoms with E-state index in [1.54, 1.807) is 20.8 Å². The van der Waals surface area contributed by atoms with Crippen molar-refractivity contribution in [3.63, 3.8) is 0 Å². The number of benzene rings is 1. The molecule has 0 aliphatic carbocycles. The second-order valence-corrected chi connectivity index (χ2v) is 5.71. The maximum atomic E-state index is 11.4. The Morgan fingerprint density at radius 2 is 2.09 bits per heavy atom. The molecule has 0 fully saturated rings. The number of alkyl carbamates (subject to hydrolysis) is 1. The van der Waals surface area contributed by atoms with Crippen LogP contribution < -0.4 is 10.1 Å². The number of phenolic OH excluding ortho intramolecular Hbond substituents is 1. The minimum Gasteiger partial charge on any atom is -0.504 e. The van der Waals surface area contributed by atoms with Crippen LogP contribution in [0.5, 0.6) is 11.5 Å². The van der Waals surface area contributed by atoms with Gasteiger partial charge in [-0.25, -0.2) is 4.79 Å². The third kappa shape index (κ3) is 6.30. The van der Waals surface area contributed by atoms with E-state index in [0.717, 1.165) is 0 Å². The van der Waals surface area contributed by atoms with Gasteiger partial charge in [0.25, 0.3) is 0 Å². The van der Waals surface area contributed by atoms with Crippen molar-refractivity contribution in [1.29, 1.82) is 0 Å². The summed E-state index contributed by atoms with van der Waals surface area (Å²) >= 11 is 0. The lowest BCUT2D eigenvalue weighted by molar-refractivity contribution is 0.0529. The van der Waals surface area contributed by atoms with Crippen LogP contribution in [0, 0.1) is 11.8 Å². The average molecular weight is 319 g/mol. The maximum Gasteiger partial charge on any atom is 0.407 e. The van der Waals surface area contributed by atoms with Gasteiger partial charge in [0.2, 0.25) is 0 Å². The summed E-state index contributed by atoms with van der Waals surface area (Å²) in [6.07, 6.45) is 0.459. The molecular formula is C17H21NO5. The molecule has 0 atom stereocenters. The van der Waals surface area contributed by atoms with Crippen molar-refractivity contribution in [2.75, 3.05) is 13.7 Å². The van der Waals surface area contributed by atoms with Crippen LogP contribution >= 0.6 is 0 Å². The summed E-state index contributed by atoms with van der Waals surface area (Å²) in [5.41, 5.74) is 0.114. The standard InChI is InChI=1S/C17H21NO5/c1-17(2,3)23-16(21)18-8-6-5-7-12-9-13(11-19)15(20)14(10-12)22-4/h9-11,20H,6,8H2,1-4H3,(H,18,21). The Morgan fingerprint density at radius 3 is 2.65 bits per heavy atom. The first-order valence-corrected chi connectivity index (χ1v) is 7.08. The molecule has 2 N–H and O–H groups in total. The molecule has 23 heavy (non-hydrogen) atoms. The molecule has 0 unspecified atom stereocenters. The molecule has 0 aliphatic heterocycles. The summed E-state index contributed by atoms with van der Waals surface area (Å²) in [6.45, 7) is 5.71. The Bertz CT molecular complexity index is 635. The molecule has 0 saturated carbocycles. The molecule has 1 amide bonds. The lowest BCUT2D eigenvalue weighted by Gasteiger charge is -2.19. The van der Waals surface area contributed by atoms with Gasteiger partial charge >= 0.3 is 6.09 Å². The van der Waals surface area contributed by atoms with Crippen LogP contribution in [0.1, 0.15) is 43.1 Å². The molecular weight excluding hydrogens is 298 g/mol. The highest BCUT2D eigenvalue weighted by atomic mass is 16.6. The third-order valence-electron chi connectivity index (χ3n) is 2.60. The molecule has 1 rings (SSSR count). The van der Waals surface area contributed by atoms with Crippen molar-refractivity contribution in [2.45, 2.75) is 32.8 Å². The fourth-order valence-electron chi connectivity index (χ4n) is 1.65. The van der Waals surface area contributed by atoms with E-state index in [9.17, 15) is 14.7 Å². The van der Waals surface area contributed by atoms with Crippen molar-refractivity contribution in [2.24, 2.45) is 0 Å². The summed E-state index contributed by atoms with van der Waals surface area (Å²) in [5.74, 6) is 5.70. The van der Waals surface area contributed by atoms with Crippen LogP contribution in [0.4, 0.5) is 4.79 Å². The number of carbonyl (C=O) groups excluding carboxylic acids is 2. The quantitative estimate of drug-likeness (QED) is 0.506. The van der Waals surface area contributed by atoms with Gasteiger partial charge in [-0.05, 0) is 32.9 Å². The Kier molecular flexibility index (Phi) is 6.46. The van der Waals surface area contributed by atoms with E-state index in [4.69, 9.17) is 9.47 Å². The number of phenols is 1. The van der Waals surface area contributed by atoms with Gasteiger partial charge in [0, 0.05) is 18.5 Å². The molecule has 6 nitrogen and oxygen atoms in total. The summed E-state index contributed by atoms with van der Waals surface area (Å²) in [7, 11) is 1.39. The first kappa shape index (κ1) is 18.4. The number of hydrogen-bond acceptors (Lipinski definition) is 5. The Hall–Kier alpha value is -2.68. The van der Waals surface area contributed by atoms with E-state index in [2.05, 4.69) is 17.2 Å². The van der Waals surface area contributed by atoms with Crippen LogP contribution in [-0.4, -0.2) is 36.7 Å². The van der Waals surface area contributed by atoms with Crippen molar-refractivity contribution < 1.29 is 24.2 Å². The lowest BCUT2D eigenvalue weighted by atomic mass is 10.1. The number of ether oxygens (including phenoxy) is 2. The van der Waals surface area contributed by atoms with Gasteiger partial charge in [-0.2, -0.15) is 0 Å².